The van der Waals surface area contributed by atoms with Gasteiger partial charge in [0.2, 0.25) is 5.91 Å². The van der Waals surface area contributed by atoms with Crippen molar-refractivity contribution >= 4 is 51.0 Å². The largest absolute Gasteiger partial charge is 0.496 e. The summed E-state index contributed by atoms with van der Waals surface area (Å²) < 4.78 is 24.0. The van der Waals surface area contributed by atoms with Crippen LogP contribution < -0.4 is 25.8 Å². The van der Waals surface area contributed by atoms with Gasteiger partial charge in [0, 0.05) is 70.2 Å². The lowest BCUT2D eigenvalue weighted by Gasteiger charge is -2.34. The van der Waals surface area contributed by atoms with Crippen LogP contribution in [-0.4, -0.2) is 75.4 Å². The molecule has 2 aliphatic carbocycles. The van der Waals surface area contributed by atoms with E-state index < -0.39 is 11.8 Å². The van der Waals surface area contributed by atoms with Crippen LogP contribution in [0.2, 0.25) is 0 Å². The number of urea groups is 1. The Bertz CT molecular complexity index is 2310. The van der Waals surface area contributed by atoms with Crippen LogP contribution in [0.25, 0.3) is 21.8 Å². The number of rotatable bonds is 9. The monoisotopic (exact) mass is 768 g/mol. The smallest absolute Gasteiger partial charge is 0.328 e. The third-order valence-corrected chi connectivity index (χ3v) is 11.8. The van der Waals surface area contributed by atoms with Crippen LogP contribution in [0.5, 0.6) is 5.75 Å². The highest BCUT2D eigenvalue weighted by atomic mass is 19.1. The Morgan fingerprint density at radius 3 is 2.48 bits per heavy atom. The minimum Gasteiger partial charge on any atom is -0.496 e. The zero-order chi connectivity index (χ0) is 38.8. The second-order valence-electron chi connectivity index (χ2n) is 15.5. The van der Waals surface area contributed by atoms with Crippen molar-refractivity contribution < 1.29 is 26.4 Å². The molecule has 4 aliphatic rings. The third-order valence-electron chi connectivity index (χ3n) is 11.8. The number of benzene rings is 2. The first kappa shape index (κ1) is 37.4. The summed E-state index contributed by atoms with van der Waals surface area (Å²) in [6.45, 7) is 3.61. The van der Waals surface area contributed by atoms with Gasteiger partial charge in [-0.2, -0.15) is 5.10 Å². The zero-order valence-corrected chi connectivity index (χ0v) is 31.8. The van der Waals surface area contributed by atoms with Crippen LogP contribution in [0, 0.1) is 11.7 Å². The number of nitrogens with one attached hydrogen (secondary N) is 3. The highest BCUT2D eigenvalue weighted by molar-refractivity contribution is 6.10. The van der Waals surface area contributed by atoms with Gasteiger partial charge in [0.05, 0.1) is 35.6 Å². The predicted octanol–water partition coefficient (Wildman–Crippen LogP) is 7.65. The van der Waals surface area contributed by atoms with E-state index in [1.165, 1.54) is 63.1 Å². The van der Waals surface area contributed by atoms with Gasteiger partial charge in [0.15, 0.2) is 0 Å². The minimum atomic E-state index is -0.549. The number of nitrogens with zero attached hydrogens (tertiary/aromatic N) is 5. The number of amides is 4. The molecule has 3 N–H and O–H groups in total. The van der Waals surface area contributed by atoms with Crippen molar-refractivity contribution in [2.45, 2.75) is 82.7 Å². The number of hydrogen-bond acceptors (Lipinski definition) is 7. The summed E-state index contributed by atoms with van der Waals surface area (Å²) in [6.07, 6.45) is 18.2. The summed E-state index contributed by atoms with van der Waals surface area (Å²) in [5.74, 6) is 0.206. The maximum Gasteiger partial charge on any atom is 0.328 e. The number of ether oxygens (including phenoxy) is 1. The van der Waals surface area contributed by atoms with Gasteiger partial charge in [0.1, 0.15) is 17.3 Å². The van der Waals surface area contributed by atoms with Crippen molar-refractivity contribution in [3.63, 3.8) is 0 Å². The minimum absolute atomic E-state index is 0. The van der Waals surface area contributed by atoms with Gasteiger partial charge >= 0.3 is 6.03 Å². The molecule has 4 amide bonds. The van der Waals surface area contributed by atoms with E-state index in [0.717, 1.165) is 66.5 Å². The number of hydrogen-bond donors (Lipinski definition) is 3. The second kappa shape index (κ2) is 16.3. The maximum atomic E-state index is 14.8. The van der Waals surface area contributed by atoms with E-state index in [1.807, 2.05) is 18.3 Å². The molecule has 0 radical (unpaired) electrons. The van der Waals surface area contributed by atoms with E-state index in [-0.39, 0.29) is 50.6 Å². The van der Waals surface area contributed by atoms with E-state index >= 15 is 0 Å². The van der Waals surface area contributed by atoms with Crippen LogP contribution in [0.15, 0.2) is 65.8 Å². The predicted molar refractivity (Wildman–Crippen MR) is 217 cm³/mol. The average molecular weight is 769 g/mol. The molecule has 13 nitrogen and oxygen atoms in total. The van der Waals surface area contributed by atoms with Crippen molar-refractivity contribution in [2.75, 3.05) is 43.5 Å². The number of anilines is 2. The molecular formula is C42H53FN8O5. The first-order valence-electron chi connectivity index (χ1n) is 19.9. The maximum absolute atomic E-state index is 14.8. The van der Waals surface area contributed by atoms with Gasteiger partial charge in [-0.05, 0) is 81.0 Å². The Morgan fingerprint density at radius 2 is 1.73 bits per heavy atom. The zero-order valence-electron chi connectivity index (χ0n) is 31.8. The van der Waals surface area contributed by atoms with Crippen molar-refractivity contribution in [3.05, 3.63) is 82.8 Å². The molecule has 9 rings (SSSR count). The van der Waals surface area contributed by atoms with E-state index in [4.69, 9.17) is 4.74 Å². The number of aromatic nitrogens is 4. The number of halogens is 1. The van der Waals surface area contributed by atoms with E-state index in [9.17, 15) is 23.6 Å². The topological polar surface area (TPSA) is 147 Å². The lowest BCUT2D eigenvalue weighted by molar-refractivity contribution is -0.120. The van der Waals surface area contributed by atoms with Crippen LogP contribution in [0.3, 0.4) is 0 Å². The first-order chi connectivity index (χ1) is 27.3. The average Bonchev–Trinajstić information content (AvgIpc) is 3.80. The molecule has 0 unspecified atom stereocenters. The van der Waals surface area contributed by atoms with Gasteiger partial charge in [-0.3, -0.25) is 29.7 Å². The van der Waals surface area contributed by atoms with Crippen molar-refractivity contribution in [2.24, 2.45) is 5.92 Å². The number of fused-ring (bicyclic) bond motifs is 2. The molecule has 56 heavy (non-hydrogen) atoms. The number of H-pyrrole nitrogens is 1. The summed E-state index contributed by atoms with van der Waals surface area (Å²) in [6, 6.07) is 12.0. The number of aromatic amines is 1. The van der Waals surface area contributed by atoms with E-state index in [0.29, 0.717) is 17.4 Å². The SMILES string of the molecule is COc1cc2[nH]ncc2cc1C(=O)Nc1cccn(C2CC2)c1=O.O=C1CCN(c2c(F)ccc3c2ccn3C2CCN(CCC3CCCCC3)CC2)C(=O)N1.[HH].[HH]. The summed E-state index contributed by atoms with van der Waals surface area (Å²) in [5.41, 5.74) is 2.44. The number of likely N-dealkylation sites (tertiary alicyclic amines) is 1. The van der Waals surface area contributed by atoms with Gasteiger partial charge in [-0.15, -0.1) is 0 Å². The fourth-order valence-corrected chi connectivity index (χ4v) is 8.58. The quantitative estimate of drug-likeness (QED) is 0.140. The summed E-state index contributed by atoms with van der Waals surface area (Å²) in [7, 11) is 1.50. The Morgan fingerprint density at radius 1 is 0.946 bits per heavy atom. The van der Waals surface area contributed by atoms with Gasteiger partial charge in [-0.25, -0.2) is 9.18 Å². The number of imide groups is 1. The molecule has 5 aromatic rings. The molecule has 0 atom stereocenters. The number of methoxy groups -OCH3 is 1. The summed E-state index contributed by atoms with van der Waals surface area (Å²) >= 11 is 0. The van der Waals surface area contributed by atoms with Crippen LogP contribution >= 0.6 is 0 Å². The van der Waals surface area contributed by atoms with Crippen LogP contribution in [0.1, 0.15) is 95.9 Å². The molecule has 0 spiro atoms. The van der Waals surface area contributed by atoms with Crippen LogP contribution in [0.4, 0.5) is 20.6 Å². The fourth-order valence-electron chi connectivity index (χ4n) is 8.58. The van der Waals surface area contributed by atoms with Gasteiger partial charge < -0.3 is 24.1 Å². The van der Waals surface area contributed by atoms with Gasteiger partial charge in [-0.1, -0.05) is 32.1 Å². The van der Waals surface area contributed by atoms with Crippen LogP contribution in [-0.2, 0) is 4.79 Å². The van der Waals surface area contributed by atoms with Crippen molar-refractivity contribution in [3.8, 4) is 5.75 Å². The normalized spacial score (nSPS) is 18.5. The summed E-state index contributed by atoms with van der Waals surface area (Å²) in [4.78, 5) is 52.9. The lowest BCUT2D eigenvalue weighted by atomic mass is 9.87. The molecule has 2 saturated carbocycles. The molecule has 2 aliphatic heterocycles. The molecule has 2 saturated heterocycles. The molecule has 0 bridgehead atoms. The lowest BCUT2D eigenvalue weighted by Crippen LogP contribution is -2.50. The highest BCUT2D eigenvalue weighted by Gasteiger charge is 2.30. The first-order valence-corrected chi connectivity index (χ1v) is 19.9. The molecule has 3 aromatic heterocycles. The number of carbonyl (C=O) groups excluding carboxylic acids is 3. The Balaban J connectivity index is 0.000000196. The number of carbonyl (C=O) groups is 3. The second-order valence-corrected chi connectivity index (χ2v) is 15.5. The molecule has 2 aromatic carbocycles. The van der Waals surface area contributed by atoms with Crippen molar-refractivity contribution in [1.29, 1.82) is 0 Å². The Kier molecular flexibility index (Phi) is 10.9. The van der Waals surface area contributed by atoms with Gasteiger partial charge in [0.25, 0.3) is 11.5 Å². The standard InChI is InChI=1S/C25H33FN4O2.C17H16N4O3.2H2/c26-21-6-7-22-20(24(21)30-17-12-23(31)27-25(30)32)11-16-29(22)19-9-14-28(15-10-19)13-8-18-4-2-1-3-5-18;1-24-15-8-14-10(9-18-20-14)7-12(15)16(22)19-13-3-2-6-21(17(13)23)11-4-5-11;;/h6-7,11,16,18-19H,1-5,8-10,12-15,17H2,(H,27,31,32);2-3,6-9,11H,4-5H2,1H3,(H,18,20)(H,19,22);2*1H. The van der Waals surface area contributed by atoms with Crippen molar-refractivity contribution in [1.82, 2.24) is 29.5 Å². The fraction of sp³-hybridized carbons (Fsp3) is 0.452. The molecule has 14 heteroatoms. The van der Waals surface area contributed by atoms with E-state index in [1.54, 1.807) is 41.2 Å². The Labute approximate surface area is 327 Å². The molecule has 5 heterocycles. The number of pyridine rings is 1. The highest BCUT2D eigenvalue weighted by Crippen LogP contribution is 2.36. The Hall–Kier alpha value is -5.50. The third kappa shape index (κ3) is 7.93. The van der Waals surface area contributed by atoms with E-state index in [2.05, 4.69) is 30.3 Å². The summed E-state index contributed by atoms with van der Waals surface area (Å²) in [5, 5.41) is 13.3. The molecule has 298 valence electrons. The molecular weight excluding hydrogens is 716 g/mol. The molecule has 4 fully saturated rings. The number of piperidine rings is 1.